The molecule has 0 radical (unpaired) electrons. The molecular weight excluding hydrogens is 416 g/mol. The van der Waals surface area contributed by atoms with E-state index in [0.29, 0.717) is 0 Å². The molecule has 0 saturated carbocycles. The summed E-state index contributed by atoms with van der Waals surface area (Å²) < 4.78 is 0. The zero-order valence-corrected chi connectivity index (χ0v) is 16.5. The summed E-state index contributed by atoms with van der Waals surface area (Å²) in [6.07, 6.45) is -0.235. The van der Waals surface area contributed by atoms with Gasteiger partial charge in [-0.3, -0.25) is 24.0 Å². The molecule has 0 aromatic rings. The van der Waals surface area contributed by atoms with Gasteiger partial charge in [0.05, 0.1) is 0 Å². The minimum absolute atomic E-state index is 0.0256. The van der Waals surface area contributed by atoms with Crippen LogP contribution in [-0.2, 0) is 24.0 Å². The van der Waals surface area contributed by atoms with Crippen molar-refractivity contribution in [2.75, 3.05) is 12.3 Å². The summed E-state index contributed by atoms with van der Waals surface area (Å²) in [6.45, 7) is 2.63. The fraction of sp³-hybridized carbons (Fsp3) is 0.500. The zero-order valence-electron chi connectivity index (χ0n) is 14.7. The number of hydrogen-bond acceptors (Lipinski definition) is 9. The Bertz CT molecular complexity index is 588. The van der Waals surface area contributed by atoms with E-state index in [2.05, 4.69) is 42.5 Å². The maximum absolute atomic E-state index is 11.5. The lowest BCUT2D eigenvalue weighted by Gasteiger charge is -2.16. The van der Waals surface area contributed by atoms with Crippen LogP contribution in [0.5, 0.6) is 0 Å². The molecule has 0 bridgehead atoms. The molecule has 0 aromatic carbocycles. The first-order valence-corrected chi connectivity index (χ1v) is 8.71. The number of rotatable bonds is 11. The van der Waals surface area contributed by atoms with Crippen molar-refractivity contribution >= 4 is 55.0 Å². The monoisotopic (exact) mass is 440 g/mol. The molecule has 12 nitrogen and oxygen atoms in total. The number of nitrogens with one attached hydrogen (secondary N) is 2. The first kappa shape index (κ1) is 27.8. The van der Waals surface area contributed by atoms with Crippen LogP contribution in [0.25, 0.3) is 0 Å². The number of carbonyl (C=O) groups is 5. The fourth-order valence-electron chi connectivity index (χ4n) is 1.32. The van der Waals surface area contributed by atoms with E-state index in [4.69, 9.17) is 26.8 Å². The average molecular weight is 441 g/mol. The second kappa shape index (κ2) is 14.6. The summed E-state index contributed by atoms with van der Waals surface area (Å²) in [7, 11) is 0. The van der Waals surface area contributed by atoms with E-state index in [-0.39, 0.29) is 24.3 Å². The van der Waals surface area contributed by atoms with Crippen molar-refractivity contribution in [3.8, 4) is 0 Å². The maximum Gasteiger partial charge on any atom is 0.322 e. The number of hydrogen-bond donors (Lipinski definition) is 9. The van der Waals surface area contributed by atoms with Crippen molar-refractivity contribution in [1.29, 1.82) is 0 Å². The SMILES string of the molecule is C=C(N)C(S)C(=O)O.NC(CCC(=O)NC(CS)C(=O)NCC(=O)O)C(=O)O. The molecule has 28 heavy (non-hydrogen) atoms. The predicted molar refractivity (Wildman–Crippen MR) is 105 cm³/mol. The number of amides is 2. The van der Waals surface area contributed by atoms with Gasteiger partial charge in [0.1, 0.15) is 23.9 Å². The molecule has 9 N–H and O–H groups in total. The number of carboxylic acid groups (broad SMARTS) is 3. The molecule has 0 spiro atoms. The Morgan fingerprint density at radius 2 is 1.61 bits per heavy atom. The highest BCUT2D eigenvalue weighted by molar-refractivity contribution is 7.82. The normalized spacial score (nSPS) is 13.0. The van der Waals surface area contributed by atoms with Gasteiger partial charge >= 0.3 is 17.9 Å². The lowest BCUT2D eigenvalue weighted by molar-refractivity contribution is -0.139. The van der Waals surface area contributed by atoms with Crippen molar-refractivity contribution in [3.63, 3.8) is 0 Å². The van der Waals surface area contributed by atoms with Crippen molar-refractivity contribution in [3.05, 3.63) is 12.3 Å². The molecule has 3 atom stereocenters. The number of thiol groups is 2. The van der Waals surface area contributed by atoms with E-state index in [0.717, 1.165) is 0 Å². The van der Waals surface area contributed by atoms with Crippen molar-refractivity contribution in [1.82, 2.24) is 10.6 Å². The lowest BCUT2D eigenvalue weighted by atomic mass is 10.1. The van der Waals surface area contributed by atoms with E-state index >= 15 is 0 Å². The number of nitrogens with two attached hydrogens (primary N) is 2. The van der Waals surface area contributed by atoms with E-state index in [9.17, 15) is 24.0 Å². The molecule has 0 aliphatic rings. The first-order valence-electron chi connectivity index (χ1n) is 7.56. The highest BCUT2D eigenvalue weighted by Gasteiger charge is 2.20. The summed E-state index contributed by atoms with van der Waals surface area (Å²) >= 11 is 7.47. The number of carboxylic acids is 3. The largest absolute Gasteiger partial charge is 0.480 e. The molecule has 0 aromatic heterocycles. The van der Waals surface area contributed by atoms with Crippen LogP contribution in [0.2, 0.25) is 0 Å². The summed E-state index contributed by atoms with van der Waals surface area (Å²) in [5, 5.41) is 28.6. The Balaban J connectivity index is 0. The second-order valence-corrected chi connectivity index (χ2v) is 6.09. The molecule has 0 rings (SSSR count). The summed E-state index contributed by atoms with van der Waals surface area (Å²) in [5.41, 5.74) is 10.3. The molecule has 3 unspecified atom stereocenters. The van der Waals surface area contributed by atoms with E-state index in [1.807, 2.05) is 0 Å². The Labute approximate surface area is 171 Å². The fourth-order valence-corrected chi connectivity index (χ4v) is 1.57. The van der Waals surface area contributed by atoms with Crippen molar-refractivity contribution in [2.45, 2.75) is 30.2 Å². The first-order chi connectivity index (χ1) is 12.8. The highest BCUT2D eigenvalue weighted by Crippen LogP contribution is 1.99. The summed E-state index contributed by atoms with van der Waals surface area (Å²) in [6, 6.07) is -2.15. The van der Waals surface area contributed by atoms with E-state index < -0.39 is 53.6 Å². The van der Waals surface area contributed by atoms with Gasteiger partial charge in [-0.15, -0.1) is 0 Å². The van der Waals surface area contributed by atoms with Crippen molar-refractivity contribution in [2.24, 2.45) is 11.5 Å². The summed E-state index contributed by atoms with van der Waals surface area (Å²) in [4.78, 5) is 53.7. The maximum atomic E-state index is 11.5. The van der Waals surface area contributed by atoms with Gasteiger partial charge in [-0.1, -0.05) is 6.58 Å². The smallest absolute Gasteiger partial charge is 0.322 e. The standard InChI is InChI=1S/C10H17N3O6S.C4H7NO2S/c11-5(10(18)19)1-2-7(14)13-6(4-20)9(17)12-3-8(15)16;1-2(5)3(8)4(6)7/h5-6,20H,1-4,11H2,(H,12,17)(H,13,14)(H,15,16)(H,18,19);3,8H,1,5H2,(H,6,7). The highest BCUT2D eigenvalue weighted by atomic mass is 32.1. The third-order valence-corrected chi connectivity index (χ3v) is 3.75. The number of aliphatic carboxylic acids is 3. The van der Waals surface area contributed by atoms with Gasteiger partial charge in [0.25, 0.3) is 0 Å². The quantitative estimate of drug-likeness (QED) is 0.155. The van der Waals surface area contributed by atoms with Crippen LogP contribution in [0.3, 0.4) is 0 Å². The van der Waals surface area contributed by atoms with Gasteiger partial charge in [-0.2, -0.15) is 25.3 Å². The molecular formula is C14H24N4O8S2. The zero-order chi connectivity index (χ0) is 22.4. The van der Waals surface area contributed by atoms with Crippen molar-refractivity contribution < 1.29 is 39.3 Å². The molecule has 0 aliphatic carbocycles. The second-order valence-electron chi connectivity index (χ2n) is 5.21. The van der Waals surface area contributed by atoms with Crippen LogP contribution < -0.4 is 22.1 Å². The van der Waals surface area contributed by atoms with E-state index in [1.165, 1.54) is 0 Å². The average Bonchev–Trinajstić information content (AvgIpc) is 2.61. The third-order valence-electron chi connectivity index (χ3n) is 2.83. The Morgan fingerprint density at radius 1 is 1.07 bits per heavy atom. The molecule has 160 valence electrons. The summed E-state index contributed by atoms with van der Waals surface area (Å²) in [5.74, 6) is -4.77. The predicted octanol–water partition coefficient (Wildman–Crippen LogP) is -2.36. The molecule has 0 heterocycles. The van der Waals surface area contributed by atoms with Crippen LogP contribution in [0.15, 0.2) is 12.3 Å². The Kier molecular flexibility index (Phi) is 14.5. The van der Waals surface area contributed by atoms with Crippen LogP contribution in [0.1, 0.15) is 12.8 Å². The van der Waals surface area contributed by atoms with Crippen LogP contribution in [0, 0.1) is 0 Å². The molecule has 0 fully saturated rings. The molecule has 0 aliphatic heterocycles. The van der Waals surface area contributed by atoms with Gasteiger partial charge in [0.2, 0.25) is 11.8 Å². The topological polar surface area (TPSA) is 222 Å². The van der Waals surface area contributed by atoms with Crippen LogP contribution in [-0.4, -0.2) is 74.7 Å². The van der Waals surface area contributed by atoms with Gasteiger partial charge in [0, 0.05) is 17.9 Å². The van der Waals surface area contributed by atoms with Gasteiger partial charge < -0.3 is 37.4 Å². The van der Waals surface area contributed by atoms with Gasteiger partial charge in [0.15, 0.2) is 0 Å². The molecule has 2 amide bonds. The minimum atomic E-state index is -1.22. The van der Waals surface area contributed by atoms with Gasteiger partial charge in [-0.25, -0.2) is 0 Å². The van der Waals surface area contributed by atoms with E-state index in [1.54, 1.807) is 0 Å². The van der Waals surface area contributed by atoms with Crippen LogP contribution >= 0.6 is 25.3 Å². The third kappa shape index (κ3) is 13.7. The molecule has 0 saturated heterocycles. The van der Waals surface area contributed by atoms with Crippen LogP contribution in [0.4, 0.5) is 0 Å². The minimum Gasteiger partial charge on any atom is -0.480 e. The Morgan fingerprint density at radius 3 is 1.93 bits per heavy atom. The molecule has 14 heteroatoms. The Hall–Kier alpha value is -2.45. The van der Waals surface area contributed by atoms with Gasteiger partial charge in [-0.05, 0) is 6.42 Å². The number of carbonyl (C=O) groups excluding carboxylic acids is 2. The lowest BCUT2D eigenvalue weighted by Crippen LogP contribution is -2.49.